The number of rotatable bonds is 4. The number of nitrogens with zero attached hydrogens (tertiary/aromatic N) is 1. The van der Waals surface area contributed by atoms with Crippen molar-refractivity contribution in [1.82, 2.24) is 15.5 Å². The molecule has 94 valence electrons. The largest absolute Gasteiger partial charge is 0.349 e. The Morgan fingerprint density at radius 2 is 2.11 bits per heavy atom. The average molecular weight is 243 g/mol. The Kier molecular flexibility index (Phi) is 3.77. The third kappa shape index (κ3) is 2.59. The van der Waals surface area contributed by atoms with Crippen LogP contribution >= 0.6 is 0 Å². The lowest BCUT2D eigenvalue weighted by atomic mass is 10.1. The van der Waals surface area contributed by atoms with Crippen molar-refractivity contribution < 1.29 is 4.79 Å². The molecule has 0 aliphatic rings. The van der Waals surface area contributed by atoms with Gasteiger partial charge >= 0.3 is 0 Å². The minimum atomic E-state index is -0.0862. The first kappa shape index (κ1) is 12.4. The van der Waals surface area contributed by atoms with E-state index in [1.165, 1.54) is 0 Å². The quantitative estimate of drug-likeness (QED) is 0.867. The molecular weight excluding hydrogens is 226 g/mol. The smallest absolute Gasteiger partial charge is 0.255 e. The number of aromatic nitrogens is 2. The Labute approximate surface area is 106 Å². The van der Waals surface area contributed by atoms with Crippen molar-refractivity contribution in [3.63, 3.8) is 0 Å². The highest BCUT2D eigenvalue weighted by Crippen LogP contribution is 2.20. The van der Waals surface area contributed by atoms with E-state index in [0.717, 1.165) is 17.7 Å². The molecule has 0 fully saturated rings. The maximum absolute atomic E-state index is 12.1. The van der Waals surface area contributed by atoms with Crippen LogP contribution in [0, 0.1) is 0 Å². The molecule has 2 aromatic rings. The summed E-state index contributed by atoms with van der Waals surface area (Å²) in [7, 11) is 0. The SMILES string of the molecule is CCC(C)NC(=O)c1cn[nH]c1-c1ccccc1. The van der Waals surface area contributed by atoms with Crippen LogP contribution in [0.1, 0.15) is 30.6 Å². The van der Waals surface area contributed by atoms with Crippen LogP contribution in [0.4, 0.5) is 0 Å². The average Bonchev–Trinajstić information content (AvgIpc) is 2.88. The predicted octanol–water partition coefficient (Wildman–Crippen LogP) is 2.61. The Morgan fingerprint density at radius 3 is 2.78 bits per heavy atom. The van der Waals surface area contributed by atoms with Gasteiger partial charge in [-0.15, -0.1) is 0 Å². The number of nitrogens with one attached hydrogen (secondary N) is 2. The summed E-state index contributed by atoms with van der Waals surface area (Å²) in [6, 6.07) is 9.88. The first-order valence-corrected chi connectivity index (χ1v) is 6.12. The molecule has 0 spiro atoms. The normalized spacial score (nSPS) is 12.1. The van der Waals surface area contributed by atoms with E-state index in [1.807, 2.05) is 44.2 Å². The van der Waals surface area contributed by atoms with E-state index in [1.54, 1.807) is 6.20 Å². The lowest BCUT2D eigenvalue weighted by Gasteiger charge is -2.11. The zero-order valence-electron chi connectivity index (χ0n) is 10.6. The second-order valence-electron chi connectivity index (χ2n) is 4.31. The number of carbonyl (C=O) groups is 1. The number of aromatic amines is 1. The Bertz CT molecular complexity index is 519. The molecule has 1 amide bonds. The summed E-state index contributed by atoms with van der Waals surface area (Å²) in [6.45, 7) is 4.03. The highest BCUT2D eigenvalue weighted by Gasteiger charge is 2.16. The van der Waals surface area contributed by atoms with E-state index in [2.05, 4.69) is 15.5 Å². The summed E-state index contributed by atoms with van der Waals surface area (Å²) in [5.74, 6) is -0.0862. The molecule has 4 nitrogen and oxygen atoms in total. The van der Waals surface area contributed by atoms with Crippen LogP contribution in [-0.4, -0.2) is 22.1 Å². The summed E-state index contributed by atoms with van der Waals surface area (Å²) in [5.41, 5.74) is 2.31. The Morgan fingerprint density at radius 1 is 1.39 bits per heavy atom. The van der Waals surface area contributed by atoms with Crippen molar-refractivity contribution >= 4 is 5.91 Å². The molecule has 18 heavy (non-hydrogen) atoms. The number of benzene rings is 1. The molecule has 0 bridgehead atoms. The van der Waals surface area contributed by atoms with Gasteiger partial charge in [-0.2, -0.15) is 5.10 Å². The van der Waals surface area contributed by atoms with Crippen molar-refractivity contribution in [1.29, 1.82) is 0 Å². The van der Waals surface area contributed by atoms with E-state index in [0.29, 0.717) is 5.56 Å². The van der Waals surface area contributed by atoms with Gasteiger partial charge in [-0.25, -0.2) is 0 Å². The van der Waals surface area contributed by atoms with Gasteiger partial charge in [0.15, 0.2) is 0 Å². The van der Waals surface area contributed by atoms with E-state index >= 15 is 0 Å². The number of hydrogen-bond acceptors (Lipinski definition) is 2. The molecule has 1 aromatic carbocycles. The molecule has 2 rings (SSSR count). The van der Waals surface area contributed by atoms with Gasteiger partial charge in [-0.05, 0) is 13.3 Å². The van der Waals surface area contributed by atoms with Gasteiger partial charge < -0.3 is 5.32 Å². The first-order valence-electron chi connectivity index (χ1n) is 6.12. The van der Waals surface area contributed by atoms with Gasteiger partial charge in [-0.3, -0.25) is 9.89 Å². The number of hydrogen-bond donors (Lipinski definition) is 2. The molecule has 0 radical (unpaired) electrons. The van der Waals surface area contributed by atoms with Crippen LogP contribution in [-0.2, 0) is 0 Å². The standard InChI is InChI=1S/C14H17N3O/c1-3-10(2)16-14(18)12-9-15-17-13(12)11-7-5-4-6-8-11/h4-10H,3H2,1-2H3,(H,15,17)(H,16,18). The monoisotopic (exact) mass is 243 g/mol. The highest BCUT2D eigenvalue weighted by atomic mass is 16.1. The van der Waals surface area contributed by atoms with Crippen LogP contribution in [0.2, 0.25) is 0 Å². The van der Waals surface area contributed by atoms with Crippen LogP contribution in [0.3, 0.4) is 0 Å². The van der Waals surface area contributed by atoms with Crippen LogP contribution in [0.5, 0.6) is 0 Å². The van der Waals surface area contributed by atoms with Crippen LogP contribution in [0.25, 0.3) is 11.3 Å². The lowest BCUT2D eigenvalue weighted by Crippen LogP contribution is -2.31. The fraction of sp³-hybridized carbons (Fsp3) is 0.286. The van der Waals surface area contributed by atoms with Gasteiger partial charge in [0.2, 0.25) is 0 Å². The topological polar surface area (TPSA) is 57.8 Å². The molecule has 4 heteroatoms. The van der Waals surface area contributed by atoms with Crippen molar-refractivity contribution in [3.05, 3.63) is 42.1 Å². The van der Waals surface area contributed by atoms with E-state index < -0.39 is 0 Å². The van der Waals surface area contributed by atoms with Crippen molar-refractivity contribution in [2.75, 3.05) is 0 Å². The summed E-state index contributed by atoms with van der Waals surface area (Å²) < 4.78 is 0. The van der Waals surface area contributed by atoms with Gasteiger partial charge in [0.1, 0.15) is 0 Å². The second-order valence-corrected chi connectivity index (χ2v) is 4.31. The first-order chi connectivity index (χ1) is 8.72. The minimum Gasteiger partial charge on any atom is -0.349 e. The van der Waals surface area contributed by atoms with E-state index in [9.17, 15) is 4.79 Å². The number of carbonyl (C=O) groups excluding carboxylic acids is 1. The molecule has 0 saturated heterocycles. The fourth-order valence-corrected chi connectivity index (χ4v) is 1.69. The third-order valence-corrected chi connectivity index (χ3v) is 2.94. The Balaban J connectivity index is 2.26. The number of amides is 1. The van der Waals surface area contributed by atoms with E-state index in [-0.39, 0.29) is 11.9 Å². The highest BCUT2D eigenvalue weighted by molar-refractivity contribution is 5.99. The molecule has 1 aromatic heterocycles. The molecule has 0 aliphatic heterocycles. The summed E-state index contributed by atoms with van der Waals surface area (Å²) in [5, 5.41) is 9.79. The summed E-state index contributed by atoms with van der Waals surface area (Å²) >= 11 is 0. The lowest BCUT2D eigenvalue weighted by molar-refractivity contribution is 0.0940. The third-order valence-electron chi connectivity index (χ3n) is 2.94. The van der Waals surface area contributed by atoms with Crippen molar-refractivity contribution in [3.8, 4) is 11.3 Å². The van der Waals surface area contributed by atoms with Gasteiger partial charge in [0, 0.05) is 11.6 Å². The molecule has 1 unspecified atom stereocenters. The molecule has 0 saturated carbocycles. The molecular formula is C14H17N3O. The maximum atomic E-state index is 12.1. The van der Waals surface area contributed by atoms with Crippen LogP contribution < -0.4 is 5.32 Å². The maximum Gasteiger partial charge on any atom is 0.255 e. The minimum absolute atomic E-state index is 0.0862. The zero-order valence-corrected chi connectivity index (χ0v) is 10.6. The predicted molar refractivity (Wildman–Crippen MR) is 71.2 cm³/mol. The van der Waals surface area contributed by atoms with Gasteiger partial charge in [0.05, 0.1) is 17.5 Å². The molecule has 1 heterocycles. The molecule has 0 aliphatic carbocycles. The number of H-pyrrole nitrogens is 1. The van der Waals surface area contributed by atoms with Crippen molar-refractivity contribution in [2.24, 2.45) is 0 Å². The van der Waals surface area contributed by atoms with Crippen molar-refractivity contribution in [2.45, 2.75) is 26.3 Å². The fourth-order valence-electron chi connectivity index (χ4n) is 1.69. The summed E-state index contributed by atoms with van der Waals surface area (Å²) in [6.07, 6.45) is 2.48. The zero-order chi connectivity index (χ0) is 13.0. The molecule has 1 atom stereocenters. The second kappa shape index (κ2) is 5.49. The summed E-state index contributed by atoms with van der Waals surface area (Å²) in [4.78, 5) is 12.1. The van der Waals surface area contributed by atoms with Crippen LogP contribution in [0.15, 0.2) is 36.5 Å². The van der Waals surface area contributed by atoms with Gasteiger partial charge in [0.25, 0.3) is 5.91 Å². The molecule has 2 N–H and O–H groups in total. The van der Waals surface area contributed by atoms with Gasteiger partial charge in [-0.1, -0.05) is 37.3 Å². The Hall–Kier alpha value is -2.10. The van der Waals surface area contributed by atoms with E-state index in [4.69, 9.17) is 0 Å².